The van der Waals surface area contributed by atoms with Crippen LogP contribution in [0.3, 0.4) is 0 Å². The number of carbonyl (C=O) groups excluding carboxylic acids is 2. The highest BCUT2D eigenvalue weighted by molar-refractivity contribution is 5.94. The van der Waals surface area contributed by atoms with Crippen LogP contribution in [-0.4, -0.2) is 25.0 Å². The van der Waals surface area contributed by atoms with Crippen LogP contribution in [0.2, 0.25) is 0 Å². The Bertz CT molecular complexity index is 588. The molecule has 0 atom stereocenters. The van der Waals surface area contributed by atoms with E-state index in [1.165, 1.54) is 32.1 Å². The summed E-state index contributed by atoms with van der Waals surface area (Å²) in [6.07, 6.45) is 10.6. The lowest BCUT2D eigenvalue weighted by Crippen LogP contribution is -2.36. The van der Waals surface area contributed by atoms with Crippen LogP contribution in [0.5, 0.6) is 5.75 Å². The molecule has 0 heterocycles. The highest BCUT2D eigenvalue weighted by Gasteiger charge is 2.22. The number of benzene rings is 1. The van der Waals surface area contributed by atoms with Gasteiger partial charge in [-0.3, -0.25) is 9.59 Å². The van der Waals surface area contributed by atoms with E-state index in [0.29, 0.717) is 5.92 Å². The molecular formula is C21H30N2O3. The Morgan fingerprint density at radius 1 is 0.923 bits per heavy atom. The summed E-state index contributed by atoms with van der Waals surface area (Å²) in [5.74, 6) is 1.40. The fraction of sp³-hybridized carbons (Fsp3) is 0.619. The average molecular weight is 358 g/mol. The molecule has 3 rings (SSSR count). The number of ether oxygens (including phenoxy) is 1. The first-order valence-corrected chi connectivity index (χ1v) is 10.0. The standard InChI is InChI=1S/C21H30N2O3/c24-20(14-22-21(25)17-8-4-5-9-17)23-18-10-12-19(13-11-18)26-15-16-6-2-1-3-7-16/h10-13,16-17H,1-9,14-15H2,(H,22,25)(H,23,24). The van der Waals surface area contributed by atoms with Crippen molar-refractivity contribution in [3.63, 3.8) is 0 Å². The summed E-state index contributed by atoms with van der Waals surface area (Å²) >= 11 is 0. The number of amides is 2. The van der Waals surface area contributed by atoms with Crippen LogP contribution >= 0.6 is 0 Å². The minimum absolute atomic E-state index is 0.00381. The summed E-state index contributed by atoms with van der Waals surface area (Å²) in [5.41, 5.74) is 0.718. The van der Waals surface area contributed by atoms with Gasteiger partial charge in [-0.2, -0.15) is 0 Å². The van der Waals surface area contributed by atoms with Gasteiger partial charge in [0.1, 0.15) is 5.75 Å². The molecule has 0 radical (unpaired) electrons. The van der Waals surface area contributed by atoms with E-state index >= 15 is 0 Å². The summed E-state index contributed by atoms with van der Waals surface area (Å²) in [6, 6.07) is 7.45. The van der Waals surface area contributed by atoms with Gasteiger partial charge in [-0.15, -0.1) is 0 Å². The van der Waals surface area contributed by atoms with E-state index in [2.05, 4.69) is 10.6 Å². The number of hydrogen-bond donors (Lipinski definition) is 2. The molecule has 1 aromatic rings. The normalized spacial score (nSPS) is 18.5. The lowest BCUT2D eigenvalue weighted by atomic mass is 9.90. The lowest BCUT2D eigenvalue weighted by molar-refractivity contribution is -0.127. The largest absolute Gasteiger partial charge is 0.493 e. The highest BCUT2D eigenvalue weighted by atomic mass is 16.5. The Morgan fingerprint density at radius 3 is 2.27 bits per heavy atom. The SMILES string of the molecule is O=C(CNC(=O)C1CCCC1)Nc1ccc(OCC2CCCCC2)cc1. The van der Waals surface area contributed by atoms with Crippen molar-refractivity contribution in [1.29, 1.82) is 0 Å². The quantitative estimate of drug-likeness (QED) is 0.777. The maximum absolute atomic E-state index is 12.0. The first kappa shape index (κ1) is 18.7. The van der Waals surface area contributed by atoms with E-state index in [9.17, 15) is 9.59 Å². The van der Waals surface area contributed by atoms with Gasteiger partial charge < -0.3 is 15.4 Å². The smallest absolute Gasteiger partial charge is 0.243 e. The summed E-state index contributed by atoms with van der Waals surface area (Å²) in [4.78, 5) is 23.9. The molecule has 2 fully saturated rings. The Hall–Kier alpha value is -2.04. The van der Waals surface area contributed by atoms with Crippen LogP contribution in [0.4, 0.5) is 5.69 Å². The second kappa shape index (κ2) is 9.60. The van der Waals surface area contributed by atoms with Gasteiger partial charge in [0.05, 0.1) is 13.2 Å². The van der Waals surface area contributed by atoms with E-state index in [-0.39, 0.29) is 24.3 Å². The van der Waals surface area contributed by atoms with Crippen molar-refractivity contribution in [3.8, 4) is 5.75 Å². The van der Waals surface area contributed by atoms with Crippen molar-refractivity contribution < 1.29 is 14.3 Å². The minimum Gasteiger partial charge on any atom is -0.493 e. The Labute approximate surface area is 155 Å². The van der Waals surface area contributed by atoms with Gasteiger partial charge >= 0.3 is 0 Å². The van der Waals surface area contributed by atoms with Crippen molar-refractivity contribution in [2.45, 2.75) is 57.8 Å². The van der Waals surface area contributed by atoms with Crippen LogP contribution in [0.1, 0.15) is 57.8 Å². The van der Waals surface area contributed by atoms with E-state index in [0.717, 1.165) is 43.7 Å². The van der Waals surface area contributed by atoms with Crippen molar-refractivity contribution in [2.24, 2.45) is 11.8 Å². The maximum Gasteiger partial charge on any atom is 0.243 e. The summed E-state index contributed by atoms with van der Waals surface area (Å²) < 4.78 is 5.87. The Morgan fingerprint density at radius 2 is 1.58 bits per heavy atom. The number of carbonyl (C=O) groups is 2. The second-order valence-corrected chi connectivity index (χ2v) is 7.59. The zero-order valence-corrected chi connectivity index (χ0v) is 15.5. The van der Waals surface area contributed by atoms with Crippen molar-refractivity contribution in [3.05, 3.63) is 24.3 Å². The molecule has 2 amide bonds. The lowest BCUT2D eigenvalue weighted by Gasteiger charge is -2.21. The zero-order chi connectivity index (χ0) is 18.2. The van der Waals surface area contributed by atoms with Crippen LogP contribution in [0.25, 0.3) is 0 Å². The molecule has 0 bridgehead atoms. The maximum atomic E-state index is 12.0. The molecule has 0 aliphatic heterocycles. The van der Waals surface area contributed by atoms with Gasteiger partial charge in [0.15, 0.2) is 0 Å². The molecule has 0 unspecified atom stereocenters. The first-order valence-electron chi connectivity index (χ1n) is 10.0. The van der Waals surface area contributed by atoms with Gasteiger partial charge in [-0.05, 0) is 55.9 Å². The third kappa shape index (κ3) is 5.75. The number of rotatable bonds is 7. The molecule has 1 aromatic carbocycles. The van der Waals surface area contributed by atoms with E-state index < -0.39 is 0 Å². The highest BCUT2D eigenvalue weighted by Crippen LogP contribution is 2.25. The third-order valence-corrected chi connectivity index (χ3v) is 5.50. The van der Waals surface area contributed by atoms with Gasteiger partial charge in [-0.25, -0.2) is 0 Å². The van der Waals surface area contributed by atoms with Gasteiger partial charge in [0.25, 0.3) is 0 Å². The zero-order valence-electron chi connectivity index (χ0n) is 15.5. The molecule has 0 saturated heterocycles. The fourth-order valence-electron chi connectivity index (χ4n) is 3.91. The Balaban J connectivity index is 1.37. The van der Waals surface area contributed by atoms with Gasteiger partial charge in [-0.1, -0.05) is 32.1 Å². The summed E-state index contributed by atoms with van der Waals surface area (Å²) in [6.45, 7) is 0.800. The molecule has 2 aliphatic carbocycles. The third-order valence-electron chi connectivity index (χ3n) is 5.50. The minimum atomic E-state index is -0.202. The van der Waals surface area contributed by atoms with Crippen LogP contribution in [0.15, 0.2) is 24.3 Å². The summed E-state index contributed by atoms with van der Waals surface area (Å²) in [5, 5.41) is 5.55. The van der Waals surface area contributed by atoms with E-state index in [1.807, 2.05) is 24.3 Å². The number of anilines is 1. The van der Waals surface area contributed by atoms with Crippen molar-refractivity contribution in [1.82, 2.24) is 5.32 Å². The topological polar surface area (TPSA) is 67.4 Å². The number of hydrogen-bond acceptors (Lipinski definition) is 3. The van der Waals surface area contributed by atoms with Gasteiger partial charge in [0, 0.05) is 11.6 Å². The first-order chi connectivity index (χ1) is 12.7. The van der Waals surface area contributed by atoms with Gasteiger partial charge in [0.2, 0.25) is 11.8 Å². The molecule has 5 heteroatoms. The molecule has 142 valence electrons. The second-order valence-electron chi connectivity index (χ2n) is 7.59. The number of nitrogens with one attached hydrogen (secondary N) is 2. The van der Waals surface area contributed by atoms with Crippen LogP contribution in [0, 0.1) is 11.8 Å². The molecule has 0 spiro atoms. The van der Waals surface area contributed by atoms with Crippen LogP contribution in [-0.2, 0) is 9.59 Å². The molecule has 5 nitrogen and oxygen atoms in total. The molecular weight excluding hydrogens is 328 g/mol. The predicted molar refractivity (Wildman–Crippen MR) is 102 cm³/mol. The fourth-order valence-corrected chi connectivity index (χ4v) is 3.91. The molecule has 0 aromatic heterocycles. The predicted octanol–water partition coefficient (Wildman–Crippen LogP) is 3.89. The Kier molecular flexibility index (Phi) is 6.92. The summed E-state index contributed by atoms with van der Waals surface area (Å²) in [7, 11) is 0. The molecule has 2 N–H and O–H groups in total. The molecule has 2 saturated carbocycles. The van der Waals surface area contributed by atoms with Crippen LogP contribution < -0.4 is 15.4 Å². The van der Waals surface area contributed by atoms with E-state index in [1.54, 1.807) is 0 Å². The van der Waals surface area contributed by atoms with Crippen molar-refractivity contribution in [2.75, 3.05) is 18.5 Å². The average Bonchev–Trinajstić information content (AvgIpc) is 3.21. The van der Waals surface area contributed by atoms with Crippen molar-refractivity contribution >= 4 is 17.5 Å². The molecule has 2 aliphatic rings. The monoisotopic (exact) mass is 358 g/mol. The van der Waals surface area contributed by atoms with E-state index in [4.69, 9.17) is 4.74 Å². The molecule has 26 heavy (non-hydrogen) atoms.